The van der Waals surface area contributed by atoms with Gasteiger partial charge < -0.3 is 14.8 Å². The van der Waals surface area contributed by atoms with Crippen LogP contribution in [0.1, 0.15) is 37.9 Å². The topological polar surface area (TPSA) is 78.3 Å². The zero-order valence-electron chi connectivity index (χ0n) is 18.7. The number of nitrogens with one attached hydrogen (secondary N) is 1. The molecule has 0 fully saturated rings. The predicted octanol–water partition coefficient (Wildman–Crippen LogP) is 5.47. The molecule has 1 N–H and O–H groups in total. The minimum absolute atomic E-state index is 0.276. The number of benzene rings is 2. The van der Waals surface area contributed by atoms with Gasteiger partial charge in [-0.15, -0.1) is 5.10 Å². The molecule has 7 nitrogen and oxygen atoms in total. The number of nitrogens with zero attached hydrogens (tertiary/aromatic N) is 3. The Morgan fingerprint density at radius 3 is 2.67 bits per heavy atom. The van der Waals surface area contributed by atoms with E-state index in [1.165, 1.54) is 11.8 Å². The number of carbonyl (C=O) groups excluding carboxylic acids is 1. The van der Waals surface area contributed by atoms with Gasteiger partial charge in [-0.05, 0) is 38.5 Å². The van der Waals surface area contributed by atoms with E-state index in [2.05, 4.69) is 10.3 Å². The second kappa shape index (κ2) is 10.3. The number of rotatable bonds is 8. The fourth-order valence-corrected chi connectivity index (χ4v) is 4.82. The molecular weight excluding hydrogens is 460 g/mol. The molecule has 33 heavy (non-hydrogen) atoms. The number of thioether (sulfide) groups is 1. The van der Waals surface area contributed by atoms with Crippen molar-refractivity contribution in [2.24, 2.45) is 0 Å². The summed E-state index contributed by atoms with van der Waals surface area (Å²) in [5.41, 5.74) is 2.97. The van der Waals surface area contributed by atoms with Crippen molar-refractivity contribution < 1.29 is 14.3 Å². The molecular formula is C24H25ClN4O3S. The Morgan fingerprint density at radius 2 is 1.91 bits per heavy atom. The number of allylic oxidation sites excluding steroid dienone is 1. The first-order valence-electron chi connectivity index (χ1n) is 10.7. The van der Waals surface area contributed by atoms with E-state index >= 15 is 0 Å². The maximum atomic E-state index is 13.0. The van der Waals surface area contributed by atoms with Gasteiger partial charge in [-0.25, -0.2) is 9.48 Å². The molecule has 3 aromatic rings. The Balaban J connectivity index is 1.74. The van der Waals surface area contributed by atoms with Gasteiger partial charge in [0.05, 0.1) is 18.8 Å². The van der Waals surface area contributed by atoms with Crippen molar-refractivity contribution >= 4 is 35.3 Å². The number of para-hydroxylation sites is 1. The summed E-state index contributed by atoms with van der Waals surface area (Å²) in [5.74, 6) is 1.47. The van der Waals surface area contributed by atoms with Crippen molar-refractivity contribution in [2.45, 2.75) is 37.7 Å². The van der Waals surface area contributed by atoms with Gasteiger partial charge in [0, 0.05) is 22.0 Å². The number of halogens is 1. The first-order chi connectivity index (χ1) is 16.0. The van der Waals surface area contributed by atoms with Crippen molar-refractivity contribution in [3.05, 3.63) is 76.0 Å². The van der Waals surface area contributed by atoms with Gasteiger partial charge in [-0.1, -0.05) is 59.8 Å². The average molecular weight is 485 g/mol. The van der Waals surface area contributed by atoms with Crippen molar-refractivity contribution in [1.82, 2.24) is 14.8 Å². The molecule has 1 aromatic heterocycles. The lowest BCUT2D eigenvalue weighted by molar-refractivity contribution is -0.139. The fourth-order valence-electron chi connectivity index (χ4n) is 3.70. The van der Waals surface area contributed by atoms with Crippen molar-refractivity contribution in [3.8, 4) is 5.75 Å². The minimum Gasteiger partial charge on any atom is -0.494 e. The van der Waals surface area contributed by atoms with Crippen molar-refractivity contribution in [1.29, 1.82) is 0 Å². The Labute approximate surface area is 202 Å². The quantitative estimate of drug-likeness (QED) is 0.335. The molecule has 0 radical (unpaired) electrons. The highest BCUT2D eigenvalue weighted by atomic mass is 35.5. The molecule has 4 rings (SSSR count). The van der Waals surface area contributed by atoms with Crippen LogP contribution in [0.2, 0.25) is 5.02 Å². The highest BCUT2D eigenvalue weighted by Crippen LogP contribution is 2.40. The number of fused-ring (bicyclic) bond motifs is 1. The van der Waals surface area contributed by atoms with E-state index in [4.69, 9.17) is 26.2 Å². The summed E-state index contributed by atoms with van der Waals surface area (Å²) in [6.45, 7) is 6.34. The number of hydrogen-bond donors (Lipinski definition) is 1. The molecule has 2 aromatic carbocycles. The van der Waals surface area contributed by atoms with Crippen LogP contribution in [0.4, 0.5) is 5.95 Å². The van der Waals surface area contributed by atoms with Crippen LogP contribution < -0.4 is 10.1 Å². The van der Waals surface area contributed by atoms with E-state index in [-0.39, 0.29) is 6.61 Å². The third kappa shape index (κ3) is 4.86. The maximum Gasteiger partial charge on any atom is 0.338 e. The fraction of sp³-hybridized carbons (Fsp3) is 0.292. The lowest BCUT2D eigenvalue weighted by Gasteiger charge is -2.29. The van der Waals surface area contributed by atoms with Crippen LogP contribution in [0.15, 0.2) is 65.0 Å². The molecule has 1 unspecified atom stereocenters. The first kappa shape index (κ1) is 23.2. The van der Waals surface area contributed by atoms with Crippen LogP contribution in [0, 0.1) is 0 Å². The van der Waals surface area contributed by atoms with Crippen LogP contribution in [-0.4, -0.2) is 33.9 Å². The Hall–Kier alpha value is -2.97. The molecule has 0 spiro atoms. The van der Waals surface area contributed by atoms with Gasteiger partial charge in [-0.3, -0.25) is 0 Å². The summed E-state index contributed by atoms with van der Waals surface area (Å²) in [6.07, 6.45) is 0. The number of aromatic nitrogens is 3. The summed E-state index contributed by atoms with van der Waals surface area (Å²) < 4.78 is 13.0. The summed E-state index contributed by atoms with van der Waals surface area (Å²) in [5, 5.41) is 9.25. The molecule has 0 saturated heterocycles. The Bertz CT molecular complexity index is 1190. The molecule has 1 atom stereocenters. The van der Waals surface area contributed by atoms with Gasteiger partial charge in [0.15, 0.2) is 0 Å². The van der Waals surface area contributed by atoms with Gasteiger partial charge in [0.2, 0.25) is 11.1 Å². The molecule has 0 amide bonds. The number of carbonyl (C=O) groups is 1. The monoisotopic (exact) mass is 484 g/mol. The first-order valence-corrected chi connectivity index (χ1v) is 12.1. The molecule has 0 saturated carbocycles. The highest BCUT2D eigenvalue weighted by molar-refractivity contribution is 7.98. The van der Waals surface area contributed by atoms with E-state index in [9.17, 15) is 4.79 Å². The lowest BCUT2D eigenvalue weighted by Crippen LogP contribution is -2.30. The zero-order valence-corrected chi connectivity index (χ0v) is 20.2. The minimum atomic E-state index is -0.537. The van der Waals surface area contributed by atoms with Crippen LogP contribution in [0.3, 0.4) is 0 Å². The normalized spacial score (nSPS) is 15.1. The van der Waals surface area contributed by atoms with Gasteiger partial charge >= 0.3 is 5.97 Å². The molecule has 172 valence electrons. The smallest absolute Gasteiger partial charge is 0.338 e. The second-order valence-corrected chi connectivity index (χ2v) is 8.65. The number of anilines is 1. The summed E-state index contributed by atoms with van der Waals surface area (Å²) >= 11 is 7.78. The Kier molecular flexibility index (Phi) is 7.25. The van der Waals surface area contributed by atoms with Crippen LogP contribution in [0.25, 0.3) is 0 Å². The SMILES string of the molecule is CCOC(=O)C1=C(C)Nc2nc(SCc3ccccc3Cl)nn2C1c1ccccc1OCC. The molecule has 2 heterocycles. The van der Waals surface area contributed by atoms with E-state index in [1.54, 1.807) is 11.6 Å². The molecule has 9 heteroatoms. The number of ether oxygens (including phenoxy) is 2. The van der Waals surface area contributed by atoms with Crippen molar-refractivity contribution in [3.63, 3.8) is 0 Å². The summed E-state index contributed by atoms with van der Waals surface area (Å²) in [6, 6.07) is 14.8. The predicted molar refractivity (Wildman–Crippen MR) is 130 cm³/mol. The maximum absolute atomic E-state index is 13.0. The highest BCUT2D eigenvalue weighted by Gasteiger charge is 2.36. The third-order valence-electron chi connectivity index (χ3n) is 5.16. The number of esters is 1. The largest absolute Gasteiger partial charge is 0.494 e. The van der Waals surface area contributed by atoms with E-state index in [1.807, 2.05) is 62.4 Å². The third-order valence-corrected chi connectivity index (χ3v) is 6.41. The average Bonchev–Trinajstić information content (AvgIpc) is 3.21. The van der Waals surface area contributed by atoms with Crippen molar-refractivity contribution in [2.75, 3.05) is 18.5 Å². The summed E-state index contributed by atoms with van der Waals surface area (Å²) in [4.78, 5) is 17.7. The van der Waals surface area contributed by atoms with E-state index in [0.717, 1.165) is 11.1 Å². The summed E-state index contributed by atoms with van der Waals surface area (Å²) in [7, 11) is 0. The van der Waals surface area contributed by atoms with Gasteiger partial charge in [0.25, 0.3) is 0 Å². The standard InChI is InChI=1S/C24H25ClN4O3S/c1-4-31-19-13-9-7-11-17(19)21-20(22(30)32-5-2)15(3)26-23-27-24(28-29(21)23)33-14-16-10-6-8-12-18(16)25/h6-13,21H,4-5,14H2,1-3H3,(H,26,27,28). The molecule has 0 aliphatic carbocycles. The molecule has 0 bridgehead atoms. The van der Waals surface area contributed by atoms with Crippen LogP contribution >= 0.6 is 23.4 Å². The zero-order chi connectivity index (χ0) is 23.4. The molecule has 1 aliphatic rings. The molecule has 1 aliphatic heterocycles. The van der Waals surface area contributed by atoms with Crippen LogP contribution in [-0.2, 0) is 15.3 Å². The lowest BCUT2D eigenvalue weighted by atomic mass is 9.95. The van der Waals surface area contributed by atoms with Crippen LogP contribution in [0.5, 0.6) is 5.75 Å². The van der Waals surface area contributed by atoms with E-state index < -0.39 is 12.0 Å². The second-order valence-electron chi connectivity index (χ2n) is 7.30. The Morgan fingerprint density at radius 1 is 1.15 bits per heavy atom. The van der Waals surface area contributed by atoms with E-state index in [0.29, 0.717) is 45.5 Å². The number of hydrogen-bond acceptors (Lipinski definition) is 7. The van der Waals surface area contributed by atoms with Gasteiger partial charge in [-0.2, -0.15) is 4.98 Å². The van der Waals surface area contributed by atoms with Gasteiger partial charge in [0.1, 0.15) is 11.8 Å².